The Morgan fingerprint density at radius 2 is 2.10 bits per heavy atom. The fourth-order valence-corrected chi connectivity index (χ4v) is 2.87. The van der Waals surface area contributed by atoms with Gasteiger partial charge in [0, 0.05) is 49.9 Å². The highest BCUT2D eigenvalue weighted by molar-refractivity contribution is 6.35. The summed E-state index contributed by atoms with van der Waals surface area (Å²) < 4.78 is 0. The number of amides is 1. The Hall–Kier alpha value is -0.880. The normalized spacial score (nSPS) is 23.0. The van der Waals surface area contributed by atoms with Crippen LogP contribution in [0.3, 0.4) is 0 Å². The molecule has 0 radical (unpaired) electrons. The van der Waals surface area contributed by atoms with Gasteiger partial charge in [-0.2, -0.15) is 0 Å². The lowest BCUT2D eigenvalue weighted by Crippen LogP contribution is -2.29. The smallest absolute Gasteiger partial charge is 0.220 e. The van der Waals surface area contributed by atoms with E-state index in [-0.39, 0.29) is 18.4 Å². The third kappa shape index (κ3) is 3.82. The van der Waals surface area contributed by atoms with Crippen molar-refractivity contribution >= 4 is 29.1 Å². The number of pyridine rings is 1. The zero-order valence-electron chi connectivity index (χ0n) is 11.1. The summed E-state index contributed by atoms with van der Waals surface area (Å²) >= 11 is 12.0. The number of rotatable bonds is 4. The van der Waals surface area contributed by atoms with E-state index < -0.39 is 6.10 Å². The maximum Gasteiger partial charge on any atom is 0.220 e. The number of hydrogen-bond donors (Lipinski definition) is 2. The Morgan fingerprint density at radius 3 is 2.65 bits per heavy atom. The van der Waals surface area contributed by atoms with Crippen molar-refractivity contribution in [3.8, 4) is 0 Å². The Kier molecular flexibility index (Phi) is 5.21. The largest absolute Gasteiger partial charge is 0.391 e. The highest BCUT2D eigenvalue weighted by Crippen LogP contribution is 2.23. The molecular weight excluding hydrogens is 301 g/mol. The zero-order valence-corrected chi connectivity index (χ0v) is 12.7. The number of likely N-dealkylation sites (tertiary alicyclic amines) is 1. The molecule has 0 saturated carbocycles. The van der Waals surface area contributed by atoms with E-state index >= 15 is 0 Å². The molecule has 0 unspecified atom stereocenters. The molecule has 1 amide bonds. The summed E-state index contributed by atoms with van der Waals surface area (Å²) in [6, 6.07) is 0. The number of halogens is 2. The SMILES string of the molecule is CN1C[C@@H](CC(=O)NCc2c(Cl)cncc2Cl)[C@H](O)C1. The van der Waals surface area contributed by atoms with Crippen LogP contribution in [0.15, 0.2) is 12.4 Å². The van der Waals surface area contributed by atoms with E-state index in [1.807, 2.05) is 11.9 Å². The van der Waals surface area contributed by atoms with Gasteiger partial charge in [-0.15, -0.1) is 0 Å². The number of carbonyl (C=O) groups excluding carboxylic acids is 1. The first kappa shape index (κ1) is 15.5. The van der Waals surface area contributed by atoms with Crippen LogP contribution in [0.5, 0.6) is 0 Å². The second kappa shape index (κ2) is 6.72. The molecule has 1 saturated heterocycles. The Labute approximate surface area is 127 Å². The summed E-state index contributed by atoms with van der Waals surface area (Å²) in [4.78, 5) is 17.8. The van der Waals surface area contributed by atoms with Crippen molar-refractivity contribution in [3.63, 3.8) is 0 Å². The predicted octanol–water partition coefficient (Wildman–Crippen LogP) is 1.32. The van der Waals surface area contributed by atoms with Crippen molar-refractivity contribution in [1.29, 1.82) is 0 Å². The average Bonchev–Trinajstić information content (AvgIpc) is 2.67. The van der Waals surface area contributed by atoms with Gasteiger partial charge in [-0.25, -0.2) is 0 Å². The van der Waals surface area contributed by atoms with Gasteiger partial charge in [0.1, 0.15) is 0 Å². The summed E-state index contributed by atoms with van der Waals surface area (Å²) in [6.45, 7) is 1.60. The molecule has 5 nitrogen and oxygen atoms in total. The molecule has 7 heteroatoms. The summed E-state index contributed by atoms with van der Waals surface area (Å²) in [6.07, 6.45) is 2.83. The lowest BCUT2D eigenvalue weighted by atomic mass is 10.0. The van der Waals surface area contributed by atoms with Gasteiger partial charge in [0.2, 0.25) is 5.91 Å². The van der Waals surface area contributed by atoms with Crippen LogP contribution < -0.4 is 5.32 Å². The summed E-state index contributed by atoms with van der Waals surface area (Å²) in [5.74, 6) is -0.142. The monoisotopic (exact) mass is 317 g/mol. The van der Waals surface area contributed by atoms with Gasteiger partial charge in [0.25, 0.3) is 0 Å². The van der Waals surface area contributed by atoms with Crippen LogP contribution in [0.4, 0.5) is 0 Å². The van der Waals surface area contributed by atoms with Gasteiger partial charge in [0.15, 0.2) is 0 Å². The molecule has 0 aromatic carbocycles. The third-order valence-electron chi connectivity index (χ3n) is 3.45. The number of aliphatic hydroxyl groups is 1. The van der Waals surface area contributed by atoms with Gasteiger partial charge >= 0.3 is 0 Å². The maximum atomic E-state index is 11.9. The number of carbonyl (C=O) groups is 1. The molecule has 1 aromatic rings. The van der Waals surface area contributed by atoms with Crippen LogP contribution in [0, 0.1) is 5.92 Å². The van der Waals surface area contributed by atoms with Gasteiger partial charge in [-0.3, -0.25) is 9.78 Å². The Morgan fingerprint density at radius 1 is 1.45 bits per heavy atom. The van der Waals surface area contributed by atoms with E-state index in [9.17, 15) is 9.90 Å². The van der Waals surface area contributed by atoms with Crippen molar-refractivity contribution in [2.75, 3.05) is 20.1 Å². The maximum absolute atomic E-state index is 11.9. The molecule has 0 aliphatic carbocycles. The minimum absolute atomic E-state index is 0.0246. The zero-order chi connectivity index (χ0) is 14.7. The van der Waals surface area contributed by atoms with Gasteiger partial charge < -0.3 is 15.3 Å². The molecule has 2 heterocycles. The fourth-order valence-electron chi connectivity index (χ4n) is 2.37. The minimum Gasteiger partial charge on any atom is -0.391 e. The summed E-state index contributed by atoms with van der Waals surface area (Å²) in [5.41, 5.74) is 0.653. The average molecular weight is 318 g/mol. The third-order valence-corrected chi connectivity index (χ3v) is 4.10. The number of nitrogens with one attached hydrogen (secondary N) is 1. The van der Waals surface area contributed by atoms with Crippen LogP contribution in [0.1, 0.15) is 12.0 Å². The first-order valence-electron chi connectivity index (χ1n) is 6.38. The van der Waals surface area contributed by atoms with E-state index in [1.54, 1.807) is 0 Å². The second-order valence-corrected chi connectivity index (χ2v) is 5.93. The number of likely N-dealkylation sites (N-methyl/N-ethyl adjacent to an activating group) is 1. The molecular formula is C13H17Cl2N3O2. The minimum atomic E-state index is -0.446. The second-order valence-electron chi connectivity index (χ2n) is 5.11. The van der Waals surface area contributed by atoms with Crippen LogP contribution >= 0.6 is 23.2 Å². The Balaban J connectivity index is 1.87. The molecule has 2 rings (SSSR count). The first-order chi connectivity index (χ1) is 9.47. The molecule has 20 heavy (non-hydrogen) atoms. The highest BCUT2D eigenvalue weighted by Gasteiger charge is 2.30. The van der Waals surface area contributed by atoms with Gasteiger partial charge in [-0.05, 0) is 7.05 Å². The van der Waals surface area contributed by atoms with Crippen LogP contribution in [-0.2, 0) is 11.3 Å². The molecule has 1 aliphatic rings. The van der Waals surface area contributed by atoms with Crippen molar-refractivity contribution in [1.82, 2.24) is 15.2 Å². The van der Waals surface area contributed by atoms with E-state index in [0.717, 1.165) is 6.54 Å². The van der Waals surface area contributed by atoms with Crippen LogP contribution in [0.2, 0.25) is 10.0 Å². The topological polar surface area (TPSA) is 65.5 Å². The number of nitrogens with zero attached hydrogens (tertiary/aromatic N) is 2. The van der Waals surface area contributed by atoms with E-state index in [1.165, 1.54) is 12.4 Å². The number of aliphatic hydroxyl groups excluding tert-OH is 1. The van der Waals surface area contributed by atoms with Crippen molar-refractivity contribution in [2.24, 2.45) is 5.92 Å². The number of hydrogen-bond acceptors (Lipinski definition) is 4. The van der Waals surface area contributed by atoms with E-state index in [4.69, 9.17) is 23.2 Å². The summed E-state index contributed by atoms with van der Waals surface area (Å²) in [5, 5.41) is 13.4. The number of aromatic nitrogens is 1. The van der Waals surface area contributed by atoms with E-state index in [0.29, 0.717) is 28.6 Å². The Bertz CT molecular complexity index is 478. The molecule has 1 aromatic heterocycles. The van der Waals surface area contributed by atoms with Gasteiger partial charge in [-0.1, -0.05) is 23.2 Å². The molecule has 1 aliphatic heterocycles. The molecule has 0 spiro atoms. The van der Waals surface area contributed by atoms with Crippen LogP contribution in [-0.4, -0.2) is 47.1 Å². The standard InChI is InChI=1S/C13H17Cl2N3O2/c1-18-6-8(12(19)7-18)2-13(20)17-3-9-10(14)4-16-5-11(9)15/h4-5,8,12,19H,2-3,6-7H2,1H3,(H,17,20)/t8-,12-/m1/s1. The first-order valence-corrected chi connectivity index (χ1v) is 7.14. The molecule has 0 bridgehead atoms. The van der Waals surface area contributed by atoms with Crippen molar-refractivity contribution in [2.45, 2.75) is 19.1 Å². The molecule has 110 valence electrons. The molecule has 1 fully saturated rings. The fraction of sp³-hybridized carbons (Fsp3) is 0.538. The van der Waals surface area contributed by atoms with E-state index in [2.05, 4.69) is 10.3 Å². The lowest BCUT2D eigenvalue weighted by molar-refractivity contribution is -0.122. The quantitative estimate of drug-likeness (QED) is 0.879. The molecule has 2 atom stereocenters. The lowest BCUT2D eigenvalue weighted by Gasteiger charge is -2.14. The van der Waals surface area contributed by atoms with Gasteiger partial charge in [0.05, 0.1) is 16.1 Å². The van der Waals surface area contributed by atoms with Crippen LogP contribution in [0.25, 0.3) is 0 Å². The predicted molar refractivity (Wildman–Crippen MR) is 77.7 cm³/mol. The van der Waals surface area contributed by atoms with Crippen molar-refractivity contribution < 1.29 is 9.90 Å². The number of β-amino-alcohol motifs (C(OH)–C–C–N with tert-alkyl or cyclic N) is 1. The molecule has 2 N–H and O–H groups in total. The highest BCUT2D eigenvalue weighted by atomic mass is 35.5. The summed E-state index contributed by atoms with van der Waals surface area (Å²) in [7, 11) is 1.93. The van der Waals surface area contributed by atoms with Crippen molar-refractivity contribution in [3.05, 3.63) is 28.0 Å².